The molecule has 0 spiro atoms. The Labute approximate surface area is 443 Å². The van der Waals surface area contributed by atoms with E-state index in [1.165, 1.54) is 0 Å². The summed E-state index contributed by atoms with van der Waals surface area (Å²) in [6.07, 6.45) is 0.903. The van der Waals surface area contributed by atoms with E-state index in [0.29, 0.717) is 109 Å². The number of nitriles is 3. The molecule has 1 aliphatic carbocycles. The minimum absolute atomic E-state index is 0.000883. The van der Waals surface area contributed by atoms with Crippen molar-refractivity contribution in [3.63, 3.8) is 0 Å². The van der Waals surface area contributed by atoms with Gasteiger partial charge in [0.25, 0.3) is 0 Å². The summed E-state index contributed by atoms with van der Waals surface area (Å²) in [5.74, 6) is 0.846. The number of fused-ring (bicyclic) bond motifs is 3. The first-order chi connectivity index (χ1) is 35.2. The Balaban J connectivity index is 1.05. The van der Waals surface area contributed by atoms with Gasteiger partial charge in [0.1, 0.15) is 0 Å². The maximum absolute atomic E-state index is 16.6. The Hall–Kier alpha value is -5.26. The van der Waals surface area contributed by atoms with Gasteiger partial charge < -0.3 is 0 Å². The SMILES string of the molecule is C[I-]CCC1(O[C@@H]2C(N3CCCC3=O)c3cc(C#N)ccc3OC2(C)C)CC1COP(=O)(O[C@@H]1[C@@H](N2CCCC2=O)c2cc(C#N)ccc2OC1(C)C)O[C@@H]1[C@@H](N2CCCC2=O)c2cc(C#N)ccc2OC1(C)C. The summed E-state index contributed by atoms with van der Waals surface area (Å²) in [4.78, 5) is 48.9. The molecule has 3 saturated heterocycles. The summed E-state index contributed by atoms with van der Waals surface area (Å²) in [7, 11) is -4.95. The molecule has 0 bridgehead atoms. The quantitative estimate of drug-likeness (QED) is 0.107. The van der Waals surface area contributed by atoms with Gasteiger partial charge in [-0.05, 0) is 37.1 Å². The van der Waals surface area contributed by atoms with E-state index in [1.54, 1.807) is 92.1 Å². The van der Waals surface area contributed by atoms with Crippen molar-refractivity contribution < 1.29 is 72.7 Å². The number of carbonyl (C=O) groups excluding carboxylic acids is 3. The molecule has 4 fully saturated rings. The number of benzene rings is 3. The zero-order valence-corrected chi connectivity index (χ0v) is 46.0. The third-order valence-corrected chi connectivity index (χ3v) is 19.0. The van der Waals surface area contributed by atoms with Crippen LogP contribution in [0.1, 0.15) is 144 Å². The Morgan fingerprint density at radius 2 is 1.00 bits per heavy atom. The van der Waals surface area contributed by atoms with Crippen LogP contribution in [0, 0.1) is 39.9 Å². The van der Waals surface area contributed by atoms with E-state index >= 15 is 4.57 Å². The zero-order valence-electron chi connectivity index (χ0n) is 42.9. The fourth-order valence-electron chi connectivity index (χ4n) is 12.1. The summed E-state index contributed by atoms with van der Waals surface area (Å²) in [5.41, 5.74) is -1.46. The van der Waals surface area contributed by atoms with Gasteiger partial charge in [-0.15, -0.1) is 0 Å². The Kier molecular flexibility index (Phi) is 13.9. The fraction of sp³-hybridized carbons (Fsp3) is 0.564. The molecule has 17 nitrogen and oxygen atoms in total. The molecule has 10 rings (SSSR count). The molecular formula is C55H63IN6O11P-. The third-order valence-electron chi connectivity index (χ3n) is 15.9. The number of phosphoric acid groups is 1. The maximum atomic E-state index is 16.6. The molecule has 3 unspecified atom stereocenters. The van der Waals surface area contributed by atoms with Crippen LogP contribution < -0.4 is 35.4 Å². The van der Waals surface area contributed by atoms with Crippen molar-refractivity contribution in [2.75, 3.05) is 35.6 Å². The number of nitrogens with zero attached hydrogens (tertiary/aromatic N) is 6. The number of alkyl halides is 2. The van der Waals surface area contributed by atoms with E-state index in [1.807, 2.05) is 18.7 Å². The van der Waals surface area contributed by atoms with Gasteiger partial charge in [0.05, 0.1) is 23.3 Å². The molecule has 392 valence electrons. The zero-order chi connectivity index (χ0) is 52.5. The second-order valence-corrected chi connectivity index (χ2v) is 26.3. The summed E-state index contributed by atoms with van der Waals surface area (Å²) >= 11 is -0.212. The Morgan fingerprint density at radius 1 is 0.622 bits per heavy atom. The first kappa shape index (κ1) is 52.2. The van der Waals surface area contributed by atoms with Gasteiger partial charge in [0.2, 0.25) is 0 Å². The molecule has 1 saturated carbocycles. The molecule has 3 amide bonds. The van der Waals surface area contributed by atoms with Crippen LogP contribution in [0.15, 0.2) is 54.6 Å². The van der Waals surface area contributed by atoms with Gasteiger partial charge in [-0.25, -0.2) is 0 Å². The predicted molar refractivity (Wildman–Crippen MR) is 263 cm³/mol. The monoisotopic (exact) mass is 1140 g/mol. The predicted octanol–water partition coefficient (Wildman–Crippen LogP) is 5.35. The molecule has 74 heavy (non-hydrogen) atoms. The van der Waals surface area contributed by atoms with Gasteiger partial charge in [0.15, 0.2) is 0 Å². The van der Waals surface area contributed by atoms with Gasteiger partial charge in [0, 0.05) is 12.8 Å². The molecule has 6 aliphatic heterocycles. The second kappa shape index (κ2) is 19.7. The Morgan fingerprint density at radius 3 is 1.35 bits per heavy atom. The number of ether oxygens (including phenoxy) is 4. The molecule has 0 aromatic heterocycles. The van der Waals surface area contributed by atoms with Crippen LogP contribution in [0.2, 0.25) is 0 Å². The van der Waals surface area contributed by atoms with Gasteiger partial charge >= 0.3 is 352 Å². The van der Waals surface area contributed by atoms with E-state index in [4.69, 9.17) is 32.5 Å². The molecule has 0 radical (unpaired) electrons. The van der Waals surface area contributed by atoms with Crippen LogP contribution in [0.4, 0.5) is 0 Å². The van der Waals surface area contributed by atoms with Crippen LogP contribution in [0.25, 0.3) is 0 Å². The van der Waals surface area contributed by atoms with Crippen molar-refractivity contribution in [2.45, 2.75) is 152 Å². The number of halogens is 1. The molecule has 19 heteroatoms. The van der Waals surface area contributed by atoms with Gasteiger partial charge in [-0.2, -0.15) is 10.5 Å². The van der Waals surface area contributed by atoms with Crippen molar-refractivity contribution in [1.82, 2.24) is 14.7 Å². The molecule has 3 aromatic rings. The number of hydrogen-bond donors (Lipinski definition) is 0. The minimum atomic E-state index is -4.95. The summed E-state index contributed by atoms with van der Waals surface area (Å²) in [5, 5.41) is 30.1. The number of hydrogen-bond acceptors (Lipinski definition) is 14. The van der Waals surface area contributed by atoms with Crippen molar-refractivity contribution in [2.24, 2.45) is 5.92 Å². The standard InChI is InChI=1S/C55H63IN6O11P/c1-52(2)49(46(60-22-8-11-43(60)63)37-25-33(29-57)14-17-40(37)68-52)71-55(20-21-56-7)28-36(55)32-67-74(66,72-50-47(61-23-9-12-44(61)64)38-26-34(30-58)15-18-41(38)69-53(50,3)4)73-51-48(62-24-10-13-45(62)65)39-27-35(31-59)16-19-42(39)70-54(51,5)6/h14-19,25-27,36,46-51H,8-13,20-24,28,32H2,1-7H3/q-1/t36?,46?,47-,48-,49+,50+,51+,55?/m0/s1. The van der Waals surface area contributed by atoms with Gasteiger partial charge in [-0.1, -0.05) is 0 Å². The topological polar surface area (TPSA) is 214 Å². The molecule has 6 heterocycles. The van der Waals surface area contributed by atoms with Crippen LogP contribution in [-0.4, -0.2) is 109 Å². The molecular weight excluding hydrogens is 1080 g/mol. The second-order valence-electron chi connectivity index (χ2n) is 22.1. The van der Waals surface area contributed by atoms with Gasteiger partial charge in [-0.3, -0.25) is 9.59 Å². The summed E-state index contributed by atoms with van der Waals surface area (Å²) < 4.78 is 65.7. The molecule has 8 atom stereocenters. The van der Waals surface area contributed by atoms with Crippen molar-refractivity contribution in [1.29, 1.82) is 15.8 Å². The van der Waals surface area contributed by atoms with Crippen molar-refractivity contribution >= 4 is 25.5 Å². The van der Waals surface area contributed by atoms with Crippen LogP contribution >= 0.6 is 7.82 Å². The van der Waals surface area contributed by atoms with Crippen LogP contribution in [0.5, 0.6) is 17.2 Å². The van der Waals surface area contributed by atoms with Crippen LogP contribution in [-0.2, 0) is 37.3 Å². The van der Waals surface area contributed by atoms with E-state index in [9.17, 15) is 30.2 Å². The average Bonchev–Trinajstić information content (AvgIpc) is 3.70. The van der Waals surface area contributed by atoms with E-state index < -0.39 is 66.7 Å². The first-order valence-electron chi connectivity index (χ1n) is 25.5. The number of likely N-dealkylation sites (tertiary alicyclic amines) is 3. The van der Waals surface area contributed by atoms with Crippen molar-refractivity contribution in [3.8, 4) is 35.5 Å². The molecule has 0 N–H and O–H groups in total. The number of carbonyl (C=O) groups is 3. The normalized spacial score (nSPS) is 29.3. The fourth-order valence-corrected chi connectivity index (χ4v) is 15.4. The van der Waals surface area contributed by atoms with Crippen LogP contribution in [0.3, 0.4) is 0 Å². The molecule has 7 aliphatic rings. The number of rotatable bonds is 15. The number of amides is 3. The van der Waals surface area contributed by atoms with E-state index in [0.717, 1.165) is 4.43 Å². The summed E-state index contributed by atoms with van der Waals surface area (Å²) in [6.45, 7) is 12.2. The Bertz CT molecular complexity index is 2830. The third kappa shape index (κ3) is 9.56. The van der Waals surface area contributed by atoms with E-state index in [2.05, 4.69) is 23.1 Å². The number of phosphoric ester groups is 1. The molecule has 3 aromatic carbocycles. The average molecular weight is 1140 g/mol. The summed E-state index contributed by atoms with van der Waals surface area (Å²) in [6, 6.07) is 19.7. The van der Waals surface area contributed by atoms with Crippen molar-refractivity contribution in [3.05, 3.63) is 88.0 Å². The van der Waals surface area contributed by atoms with E-state index in [-0.39, 0.29) is 64.3 Å². The first-order valence-corrected chi connectivity index (χ1v) is 30.7.